The van der Waals surface area contributed by atoms with Crippen molar-refractivity contribution in [3.8, 4) is 0 Å². The lowest BCUT2D eigenvalue weighted by atomic mass is 10.1. The minimum Gasteiger partial charge on any atom is -0.467 e. The predicted molar refractivity (Wildman–Crippen MR) is 86.8 cm³/mol. The number of ether oxygens (including phenoxy) is 1. The van der Waals surface area contributed by atoms with Gasteiger partial charge in [0.15, 0.2) is 0 Å². The minimum absolute atomic E-state index is 0.0169. The van der Waals surface area contributed by atoms with Crippen LogP contribution in [0, 0.1) is 5.92 Å². The molecule has 1 N–H and O–H groups in total. The Morgan fingerprint density at radius 2 is 2.18 bits per heavy atom. The van der Waals surface area contributed by atoms with Crippen molar-refractivity contribution in [2.45, 2.75) is 46.1 Å². The molecule has 0 saturated heterocycles. The molecule has 1 atom stereocenters. The summed E-state index contributed by atoms with van der Waals surface area (Å²) >= 11 is 0.929. The Bertz CT molecular complexity index is 675. The van der Waals surface area contributed by atoms with E-state index in [2.05, 4.69) is 15.0 Å². The Morgan fingerprint density at radius 3 is 2.73 bits per heavy atom. The number of rotatable bonds is 6. The summed E-state index contributed by atoms with van der Waals surface area (Å²) in [5.41, 5.74) is 0.357. The molecule has 0 fully saturated rings. The summed E-state index contributed by atoms with van der Waals surface area (Å²) in [7, 11) is 2.71. The molecule has 0 aliphatic heterocycles. The molecule has 0 spiro atoms. The van der Waals surface area contributed by atoms with Crippen LogP contribution in [0.1, 0.15) is 52.4 Å². The molecular weight excluding hydrogens is 302 g/mol. The number of carbonyl (C=O) groups excluding carboxylic acids is 2. The predicted octanol–water partition coefficient (Wildman–Crippen LogP) is 2.61. The van der Waals surface area contributed by atoms with Gasteiger partial charge in [0.25, 0.3) is 0 Å². The zero-order valence-corrected chi connectivity index (χ0v) is 13.9. The first kappa shape index (κ1) is 11.0. The maximum Gasteiger partial charge on any atom is 0.328 e. The van der Waals surface area contributed by atoms with Gasteiger partial charge in [-0.25, -0.2) is 14.6 Å². The van der Waals surface area contributed by atoms with Crippen molar-refractivity contribution >= 4 is 23.3 Å². The van der Waals surface area contributed by atoms with Crippen LogP contribution < -0.4 is 5.32 Å². The fraction of sp³-hybridized carbons (Fsp3) is 0.667. The Labute approximate surface area is 144 Å². The maximum absolute atomic E-state index is 12.3. The number of aromatic nitrogens is 1. The lowest BCUT2D eigenvalue weighted by Crippen LogP contribution is -2.49. The number of hydrogen-bond acceptors (Lipinski definition) is 5. The second-order valence-corrected chi connectivity index (χ2v) is 6.05. The van der Waals surface area contributed by atoms with Crippen molar-refractivity contribution in [1.82, 2.24) is 15.2 Å². The first-order chi connectivity index (χ1) is 12.7. The molecule has 6 nitrogen and oxygen atoms in total. The SMILES string of the molecule is [2H]C([2H])([2H])C(c1nc(CN(C)C(=O)N[C@H](C(=O)OC)C(C)C)cs1)C([2H])([2H])[2H]. The highest BCUT2D eigenvalue weighted by Crippen LogP contribution is 2.19. The van der Waals surface area contributed by atoms with E-state index in [9.17, 15) is 9.59 Å². The van der Waals surface area contributed by atoms with Crippen LogP contribution in [0.25, 0.3) is 0 Å². The van der Waals surface area contributed by atoms with Crippen LogP contribution in [0.5, 0.6) is 0 Å². The van der Waals surface area contributed by atoms with Crippen molar-refractivity contribution in [1.29, 1.82) is 0 Å². The van der Waals surface area contributed by atoms with Gasteiger partial charge in [0.1, 0.15) is 6.04 Å². The highest BCUT2D eigenvalue weighted by Gasteiger charge is 2.26. The standard InChI is InChI=1S/C15H25N3O3S/c1-9(2)12(14(19)21-6)17-15(20)18(5)7-11-8-22-13(16-11)10(3)4/h8-10,12H,7H2,1-6H3,(H,17,20)/t12-/m0/s1/i3D3,4D3. The molecule has 22 heavy (non-hydrogen) atoms. The van der Waals surface area contributed by atoms with Crippen molar-refractivity contribution in [2.24, 2.45) is 5.92 Å². The van der Waals surface area contributed by atoms with Crippen LogP contribution in [0.2, 0.25) is 0 Å². The van der Waals surface area contributed by atoms with Gasteiger partial charge >= 0.3 is 12.0 Å². The first-order valence-electron chi connectivity index (χ1n) is 9.72. The van der Waals surface area contributed by atoms with E-state index in [1.165, 1.54) is 24.4 Å². The number of methoxy groups -OCH3 is 1. The average Bonchev–Trinajstić information content (AvgIpc) is 2.95. The number of nitrogens with one attached hydrogen (secondary N) is 1. The largest absolute Gasteiger partial charge is 0.467 e. The van der Waals surface area contributed by atoms with Crippen LogP contribution in [0.4, 0.5) is 4.79 Å². The van der Waals surface area contributed by atoms with Crippen molar-refractivity contribution in [3.63, 3.8) is 0 Å². The Balaban J connectivity index is 2.90. The molecule has 0 bridgehead atoms. The second kappa shape index (κ2) is 8.12. The molecule has 124 valence electrons. The van der Waals surface area contributed by atoms with Crippen LogP contribution in [0.15, 0.2) is 5.38 Å². The monoisotopic (exact) mass is 333 g/mol. The summed E-state index contributed by atoms with van der Waals surface area (Å²) in [6.07, 6.45) is 0. The van der Waals surface area contributed by atoms with E-state index >= 15 is 0 Å². The molecule has 0 aliphatic carbocycles. The number of carbonyl (C=O) groups is 2. The van der Waals surface area contributed by atoms with Gasteiger partial charge in [0, 0.05) is 26.6 Å². The Morgan fingerprint density at radius 1 is 1.50 bits per heavy atom. The third kappa shape index (κ3) is 4.98. The molecule has 1 heterocycles. The van der Waals surface area contributed by atoms with Gasteiger partial charge in [0.2, 0.25) is 0 Å². The summed E-state index contributed by atoms with van der Waals surface area (Å²) in [6, 6.07) is -1.36. The highest BCUT2D eigenvalue weighted by atomic mass is 32.1. The van der Waals surface area contributed by atoms with Gasteiger partial charge in [-0.15, -0.1) is 11.3 Å². The van der Waals surface area contributed by atoms with Crippen LogP contribution >= 0.6 is 11.3 Å². The average molecular weight is 333 g/mol. The van der Waals surface area contributed by atoms with E-state index in [1.54, 1.807) is 13.8 Å². The van der Waals surface area contributed by atoms with Crippen LogP contribution in [-0.2, 0) is 16.1 Å². The van der Waals surface area contributed by atoms with E-state index in [4.69, 9.17) is 8.22 Å². The lowest BCUT2D eigenvalue weighted by molar-refractivity contribution is -0.144. The van der Waals surface area contributed by atoms with Gasteiger partial charge in [-0.1, -0.05) is 27.6 Å². The molecule has 1 aromatic rings. The van der Waals surface area contributed by atoms with E-state index < -0.39 is 37.7 Å². The molecule has 1 rings (SSSR count). The molecule has 2 amide bonds. The second-order valence-electron chi connectivity index (χ2n) is 5.16. The van der Waals surface area contributed by atoms with Gasteiger partial charge < -0.3 is 15.0 Å². The third-order valence-corrected chi connectivity index (χ3v) is 3.92. The van der Waals surface area contributed by atoms with Gasteiger partial charge in [-0.2, -0.15) is 0 Å². The molecule has 0 saturated carbocycles. The third-order valence-electron chi connectivity index (χ3n) is 2.96. The van der Waals surface area contributed by atoms with Gasteiger partial charge in [0.05, 0.1) is 24.4 Å². The summed E-state index contributed by atoms with van der Waals surface area (Å²) in [5, 5.41) is 4.06. The number of esters is 1. The number of thiazole rings is 1. The number of nitrogens with zero attached hydrogens (tertiary/aromatic N) is 2. The van der Waals surface area contributed by atoms with Gasteiger partial charge in [-0.3, -0.25) is 0 Å². The molecule has 0 radical (unpaired) electrons. The number of hydrogen-bond donors (Lipinski definition) is 1. The lowest BCUT2D eigenvalue weighted by Gasteiger charge is -2.23. The van der Waals surface area contributed by atoms with Crippen molar-refractivity contribution in [2.75, 3.05) is 14.2 Å². The van der Waals surface area contributed by atoms with Crippen LogP contribution in [0.3, 0.4) is 0 Å². The number of urea groups is 1. The van der Waals surface area contributed by atoms with Crippen molar-refractivity contribution < 1.29 is 22.6 Å². The fourth-order valence-corrected chi connectivity index (χ4v) is 2.40. The zero-order chi connectivity index (χ0) is 21.9. The number of amides is 2. The maximum atomic E-state index is 12.3. The summed E-state index contributed by atoms with van der Waals surface area (Å²) in [5.74, 6) is -2.44. The van der Waals surface area contributed by atoms with E-state index in [0.717, 1.165) is 11.3 Å². The van der Waals surface area contributed by atoms with E-state index in [0.29, 0.717) is 5.69 Å². The first-order valence-corrected chi connectivity index (χ1v) is 7.60. The molecule has 7 heteroatoms. The van der Waals surface area contributed by atoms with Crippen molar-refractivity contribution in [3.05, 3.63) is 16.1 Å². The molecule has 0 unspecified atom stereocenters. The highest BCUT2D eigenvalue weighted by molar-refractivity contribution is 7.09. The summed E-state index contributed by atoms with van der Waals surface area (Å²) < 4.78 is 49.7. The fourth-order valence-electron chi connectivity index (χ4n) is 1.71. The summed E-state index contributed by atoms with van der Waals surface area (Å²) in [4.78, 5) is 29.5. The van der Waals surface area contributed by atoms with E-state index in [1.807, 2.05) is 0 Å². The Hall–Kier alpha value is -1.63. The van der Waals surface area contributed by atoms with E-state index in [-0.39, 0.29) is 17.5 Å². The zero-order valence-electron chi connectivity index (χ0n) is 19.0. The molecule has 0 aliphatic rings. The Kier molecular flexibility index (Phi) is 4.06. The minimum atomic E-state index is -2.73. The topological polar surface area (TPSA) is 71.5 Å². The normalized spacial score (nSPS) is 17.5. The molecule has 1 aromatic heterocycles. The van der Waals surface area contributed by atoms with Gasteiger partial charge in [-0.05, 0) is 5.92 Å². The summed E-state index contributed by atoms with van der Waals surface area (Å²) in [6.45, 7) is -1.91. The van der Waals surface area contributed by atoms with Crippen LogP contribution in [-0.4, -0.2) is 42.1 Å². The smallest absolute Gasteiger partial charge is 0.328 e. The molecule has 0 aromatic carbocycles. The quantitative estimate of drug-likeness (QED) is 0.812. The molecular formula is C15H25N3O3S.